The minimum absolute atomic E-state index is 0.0363. The molecule has 0 aliphatic carbocycles. The Morgan fingerprint density at radius 1 is 1.13 bits per heavy atom. The monoisotopic (exact) mass is 343 g/mol. The zero-order valence-electron chi connectivity index (χ0n) is 12.2. The molecule has 2 heterocycles. The molecule has 0 saturated carbocycles. The van der Waals surface area contributed by atoms with Gasteiger partial charge in [-0.2, -0.15) is 0 Å². The summed E-state index contributed by atoms with van der Waals surface area (Å²) in [7, 11) is 0. The van der Waals surface area contributed by atoms with Gasteiger partial charge in [0.15, 0.2) is 0 Å². The van der Waals surface area contributed by atoms with E-state index in [9.17, 15) is 4.79 Å². The van der Waals surface area contributed by atoms with Crippen LogP contribution in [0.3, 0.4) is 0 Å². The van der Waals surface area contributed by atoms with E-state index < -0.39 is 0 Å². The summed E-state index contributed by atoms with van der Waals surface area (Å²) in [5.74, 6) is -0.0363. The summed E-state index contributed by atoms with van der Waals surface area (Å²) in [5, 5.41) is 6.43. The van der Waals surface area contributed by atoms with Crippen molar-refractivity contribution in [1.29, 1.82) is 0 Å². The molecule has 0 aliphatic rings. The second-order valence-electron chi connectivity index (χ2n) is 4.93. The van der Waals surface area contributed by atoms with Crippen LogP contribution in [0.1, 0.15) is 12.1 Å². The number of carbonyl (C=O) groups excluding carboxylic acids is 1. The van der Waals surface area contributed by atoms with Crippen LogP contribution in [0.25, 0.3) is 10.6 Å². The zero-order chi connectivity index (χ0) is 16.1. The molecule has 3 aromatic rings. The molecular weight excluding hydrogens is 330 g/mol. The van der Waals surface area contributed by atoms with Crippen molar-refractivity contribution in [3.8, 4) is 10.6 Å². The first-order chi connectivity index (χ1) is 11.2. The van der Waals surface area contributed by atoms with Crippen LogP contribution < -0.4 is 5.32 Å². The van der Waals surface area contributed by atoms with Crippen LogP contribution in [0, 0.1) is 0 Å². The average molecular weight is 344 g/mol. The van der Waals surface area contributed by atoms with Crippen LogP contribution >= 0.6 is 22.9 Å². The highest BCUT2D eigenvalue weighted by Gasteiger charge is 2.07. The van der Waals surface area contributed by atoms with Crippen LogP contribution in [0.5, 0.6) is 0 Å². The van der Waals surface area contributed by atoms with Crippen LogP contribution in [-0.2, 0) is 11.2 Å². The van der Waals surface area contributed by atoms with Gasteiger partial charge in [-0.3, -0.25) is 9.78 Å². The van der Waals surface area contributed by atoms with Gasteiger partial charge < -0.3 is 5.32 Å². The first-order valence-corrected chi connectivity index (χ1v) is 8.37. The van der Waals surface area contributed by atoms with E-state index in [1.165, 1.54) is 0 Å². The fraction of sp³-hybridized carbons (Fsp3) is 0.118. The molecule has 1 aromatic carbocycles. The van der Waals surface area contributed by atoms with Gasteiger partial charge in [0.1, 0.15) is 5.01 Å². The molecule has 2 aromatic heterocycles. The lowest BCUT2D eigenvalue weighted by molar-refractivity contribution is -0.116. The van der Waals surface area contributed by atoms with Gasteiger partial charge in [-0.05, 0) is 42.8 Å². The Hall–Kier alpha value is -2.24. The summed E-state index contributed by atoms with van der Waals surface area (Å²) in [5.41, 5.74) is 2.71. The van der Waals surface area contributed by atoms with E-state index in [1.807, 2.05) is 17.5 Å². The maximum Gasteiger partial charge on any atom is 0.224 e. The van der Waals surface area contributed by atoms with Crippen molar-refractivity contribution < 1.29 is 4.79 Å². The number of anilines is 1. The van der Waals surface area contributed by atoms with Crippen molar-refractivity contribution in [3.05, 3.63) is 64.9 Å². The van der Waals surface area contributed by atoms with E-state index in [1.54, 1.807) is 48.0 Å². The van der Waals surface area contributed by atoms with Gasteiger partial charge in [-0.1, -0.05) is 11.6 Å². The lowest BCUT2D eigenvalue weighted by Gasteiger charge is -2.04. The smallest absolute Gasteiger partial charge is 0.224 e. The quantitative estimate of drug-likeness (QED) is 0.745. The number of aromatic nitrogens is 2. The summed E-state index contributed by atoms with van der Waals surface area (Å²) in [6.07, 6.45) is 4.50. The first-order valence-electron chi connectivity index (χ1n) is 7.11. The molecule has 1 amide bonds. The number of hydrogen-bond donors (Lipinski definition) is 1. The van der Waals surface area contributed by atoms with Crippen LogP contribution in [-0.4, -0.2) is 15.9 Å². The molecule has 0 fully saturated rings. The highest BCUT2D eigenvalue weighted by molar-refractivity contribution is 7.13. The topological polar surface area (TPSA) is 54.9 Å². The number of rotatable bonds is 5. The number of amides is 1. The molecule has 0 unspecified atom stereocenters. The third-order valence-electron chi connectivity index (χ3n) is 3.22. The lowest BCUT2D eigenvalue weighted by atomic mass is 10.2. The molecular formula is C17H14ClN3OS. The molecule has 4 nitrogen and oxygen atoms in total. The summed E-state index contributed by atoms with van der Waals surface area (Å²) < 4.78 is 0. The molecule has 0 radical (unpaired) electrons. The Morgan fingerprint density at radius 3 is 2.61 bits per heavy atom. The number of carbonyl (C=O) groups is 1. The fourth-order valence-electron chi connectivity index (χ4n) is 2.05. The van der Waals surface area contributed by atoms with Crippen LogP contribution in [0.2, 0.25) is 5.02 Å². The second-order valence-corrected chi connectivity index (χ2v) is 6.23. The van der Waals surface area contributed by atoms with Crippen molar-refractivity contribution >= 4 is 34.5 Å². The number of thiazole rings is 1. The number of hydrogen-bond acceptors (Lipinski definition) is 4. The Balaban J connectivity index is 1.55. The van der Waals surface area contributed by atoms with Gasteiger partial charge in [0, 0.05) is 40.5 Å². The average Bonchev–Trinajstić information content (AvgIpc) is 3.05. The molecule has 0 spiro atoms. The summed E-state index contributed by atoms with van der Waals surface area (Å²) in [4.78, 5) is 20.5. The minimum Gasteiger partial charge on any atom is -0.326 e. The Labute approximate surface area is 143 Å². The van der Waals surface area contributed by atoms with E-state index in [4.69, 9.17) is 11.6 Å². The summed E-state index contributed by atoms with van der Waals surface area (Å²) >= 11 is 7.39. The van der Waals surface area contributed by atoms with Crippen molar-refractivity contribution in [2.75, 3.05) is 5.32 Å². The van der Waals surface area contributed by atoms with Crippen molar-refractivity contribution in [2.45, 2.75) is 12.8 Å². The molecule has 0 bridgehead atoms. The van der Waals surface area contributed by atoms with E-state index in [0.29, 0.717) is 17.9 Å². The third-order valence-corrected chi connectivity index (χ3v) is 4.41. The lowest BCUT2D eigenvalue weighted by Crippen LogP contribution is -2.12. The van der Waals surface area contributed by atoms with Gasteiger partial charge >= 0.3 is 0 Å². The molecule has 23 heavy (non-hydrogen) atoms. The first kappa shape index (κ1) is 15.6. The van der Waals surface area contributed by atoms with Gasteiger partial charge in [-0.15, -0.1) is 11.3 Å². The highest BCUT2D eigenvalue weighted by Crippen LogP contribution is 2.23. The molecule has 0 aliphatic heterocycles. The Bertz CT molecular complexity index is 787. The predicted octanol–water partition coefficient (Wildman–Crippen LogP) is 4.43. The molecule has 0 atom stereocenters. The standard InChI is InChI=1S/C17H14ClN3OS/c18-13-1-3-14(4-2-13)20-16(22)6-5-15-11-23-17(21-15)12-7-9-19-10-8-12/h1-4,7-11H,5-6H2,(H,20,22). The van der Waals surface area contributed by atoms with E-state index in [-0.39, 0.29) is 5.91 Å². The maximum absolute atomic E-state index is 12.0. The largest absolute Gasteiger partial charge is 0.326 e. The zero-order valence-corrected chi connectivity index (χ0v) is 13.8. The van der Waals surface area contributed by atoms with Crippen LogP contribution in [0.15, 0.2) is 54.2 Å². The van der Waals surface area contributed by atoms with Crippen molar-refractivity contribution in [3.63, 3.8) is 0 Å². The molecule has 3 rings (SSSR count). The van der Waals surface area contributed by atoms with E-state index in [0.717, 1.165) is 22.0 Å². The molecule has 116 valence electrons. The number of pyridine rings is 1. The number of nitrogens with zero attached hydrogens (tertiary/aromatic N) is 2. The van der Waals surface area contributed by atoms with Gasteiger partial charge in [-0.25, -0.2) is 4.98 Å². The second kappa shape index (κ2) is 7.35. The number of halogens is 1. The van der Waals surface area contributed by atoms with Crippen LogP contribution in [0.4, 0.5) is 5.69 Å². The maximum atomic E-state index is 12.0. The SMILES string of the molecule is O=C(CCc1csc(-c2ccncc2)n1)Nc1ccc(Cl)cc1. The number of nitrogens with one attached hydrogen (secondary N) is 1. The number of aryl methyl sites for hydroxylation is 1. The number of benzene rings is 1. The Morgan fingerprint density at radius 2 is 1.87 bits per heavy atom. The Kier molecular flexibility index (Phi) is 5.00. The van der Waals surface area contributed by atoms with Gasteiger partial charge in [0.25, 0.3) is 0 Å². The van der Waals surface area contributed by atoms with E-state index >= 15 is 0 Å². The summed E-state index contributed by atoms with van der Waals surface area (Å²) in [6, 6.07) is 10.9. The van der Waals surface area contributed by atoms with E-state index in [2.05, 4.69) is 15.3 Å². The molecule has 1 N–H and O–H groups in total. The summed E-state index contributed by atoms with van der Waals surface area (Å²) in [6.45, 7) is 0. The van der Waals surface area contributed by atoms with Crippen molar-refractivity contribution in [2.24, 2.45) is 0 Å². The van der Waals surface area contributed by atoms with Gasteiger partial charge in [0.2, 0.25) is 5.91 Å². The van der Waals surface area contributed by atoms with Gasteiger partial charge in [0.05, 0.1) is 5.69 Å². The molecule has 0 saturated heterocycles. The predicted molar refractivity (Wildman–Crippen MR) is 93.7 cm³/mol. The minimum atomic E-state index is -0.0363. The third kappa shape index (κ3) is 4.37. The highest BCUT2D eigenvalue weighted by atomic mass is 35.5. The van der Waals surface area contributed by atoms with Crippen molar-refractivity contribution in [1.82, 2.24) is 9.97 Å². The normalized spacial score (nSPS) is 10.5. The molecule has 6 heteroatoms. The fourth-order valence-corrected chi connectivity index (χ4v) is 3.03.